The van der Waals surface area contributed by atoms with Crippen molar-refractivity contribution in [2.45, 2.75) is 39.3 Å². The highest BCUT2D eigenvalue weighted by atomic mass is 19.1. The lowest BCUT2D eigenvalue weighted by Crippen LogP contribution is -2.26. The van der Waals surface area contributed by atoms with Crippen molar-refractivity contribution < 1.29 is 18.7 Å². The van der Waals surface area contributed by atoms with Crippen LogP contribution in [0.2, 0.25) is 0 Å². The Labute approximate surface area is 243 Å². The molecule has 0 bridgehead atoms. The largest absolute Gasteiger partial charge is 0.457 e. The number of rotatable bonds is 6. The van der Waals surface area contributed by atoms with Crippen molar-refractivity contribution in [2.75, 3.05) is 31.3 Å². The lowest BCUT2D eigenvalue weighted by molar-refractivity contribution is 0.0957. The molecule has 0 saturated carbocycles. The number of nitrogens with one attached hydrogen (secondary N) is 3. The van der Waals surface area contributed by atoms with E-state index < -0.39 is 11.8 Å². The van der Waals surface area contributed by atoms with Crippen molar-refractivity contribution in [2.24, 2.45) is 0 Å². The summed E-state index contributed by atoms with van der Waals surface area (Å²) in [6.07, 6.45) is 4.20. The smallest absolute Gasteiger partial charge is 0.323 e. The molecule has 10 nitrogen and oxygen atoms in total. The predicted octanol–water partition coefficient (Wildman–Crippen LogP) is 5.62. The van der Waals surface area contributed by atoms with Crippen LogP contribution in [0.15, 0.2) is 60.9 Å². The first-order valence-electron chi connectivity index (χ1n) is 13.6. The van der Waals surface area contributed by atoms with Gasteiger partial charge in [0.2, 0.25) is 0 Å². The van der Waals surface area contributed by atoms with E-state index in [0.29, 0.717) is 17.1 Å². The molecule has 0 spiro atoms. The molecule has 0 aliphatic carbocycles. The second kappa shape index (κ2) is 11.6. The Hall–Kier alpha value is -4.77. The van der Waals surface area contributed by atoms with Gasteiger partial charge >= 0.3 is 6.03 Å². The third-order valence-electron chi connectivity index (χ3n) is 6.95. The third-order valence-corrected chi connectivity index (χ3v) is 6.95. The third kappa shape index (κ3) is 6.41. The first-order chi connectivity index (χ1) is 20.0. The Bertz CT molecular complexity index is 1640. The number of amides is 3. The molecule has 2 aromatic carbocycles. The number of urea groups is 1. The quantitative estimate of drug-likeness (QED) is 0.277. The summed E-state index contributed by atoms with van der Waals surface area (Å²) in [6.45, 7) is 7.95. The number of nitrogens with zero attached hydrogens (tertiary/aromatic N) is 4. The summed E-state index contributed by atoms with van der Waals surface area (Å²) in [6, 6.07) is 12.8. The van der Waals surface area contributed by atoms with Crippen LogP contribution in [0.25, 0.3) is 11.3 Å². The van der Waals surface area contributed by atoms with Crippen LogP contribution in [0, 0.1) is 5.82 Å². The maximum Gasteiger partial charge on any atom is 0.323 e. The topological polar surface area (TPSA) is 113 Å². The van der Waals surface area contributed by atoms with Crippen LogP contribution < -0.4 is 20.7 Å². The molecule has 3 heterocycles. The number of hydrogen-bond donors (Lipinski definition) is 3. The fourth-order valence-corrected chi connectivity index (χ4v) is 4.67. The minimum atomic E-state index is -0.687. The SMILES string of the molecule is CNC(=O)c1cc(Oc2ccc(NC(=O)Nc3cn(C(C)(C)C)nc3-c3ccc4c(c3)CN(C)CC4)c(F)c2)ccn1. The summed E-state index contributed by atoms with van der Waals surface area (Å²) in [7, 11) is 3.60. The van der Waals surface area contributed by atoms with Gasteiger partial charge in [-0.15, -0.1) is 0 Å². The summed E-state index contributed by atoms with van der Waals surface area (Å²) in [5.74, 6) is -0.543. The fourth-order valence-electron chi connectivity index (χ4n) is 4.67. The number of carbonyl (C=O) groups excluding carboxylic acids is 2. The molecule has 4 aromatic rings. The Kier molecular flexibility index (Phi) is 7.95. The molecule has 3 amide bonds. The highest BCUT2D eigenvalue weighted by molar-refractivity contribution is 6.02. The molecule has 1 aliphatic rings. The van der Waals surface area contributed by atoms with Gasteiger partial charge in [-0.2, -0.15) is 5.10 Å². The van der Waals surface area contributed by atoms with Crippen molar-refractivity contribution in [3.63, 3.8) is 0 Å². The van der Waals surface area contributed by atoms with Gasteiger partial charge < -0.3 is 25.6 Å². The number of pyridine rings is 1. The van der Waals surface area contributed by atoms with E-state index in [9.17, 15) is 14.0 Å². The number of likely N-dealkylation sites (N-methyl/N-ethyl adjacent to an activating group) is 1. The van der Waals surface area contributed by atoms with Gasteiger partial charge in [0.15, 0.2) is 0 Å². The van der Waals surface area contributed by atoms with E-state index in [4.69, 9.17) is 9.84 Å². The first-order valence-corrected chi connectivity index (χ1v) is 13.6. The molecule has 42 heavy (non-hydrogen) atoms. The molecule has 5 rings (SSSR count). The molecule has 0 saturated heterocycles. The number of anilines is 2. The molecule has 11 heteroatoms. The van der Waals surface area contributed by atoms with E-state index in [1.807, 2.05) is 31.5 Å². The van der Waals surface area contributed by atoms with Crippen LogP contribution in [-0.2, 0) is 18.5 Å². The molecular weight excluding hydrogens is 537 g/mol. The van der Waals surface area contributed by atoms with Crippen molar-refractivity contribution in [1.29, 1.82) is 0 Å². The lowest BCUT2D eigenvalue weighted by atomic mass is 9.96. The van der Waals surface area contributed by atoms with Gasteiger partial charge in [-0.05, 0) is 69.6 Å². The Balaban J connectivity index is 1.33. The number of aromatic nitrogens is 3. The summed E-state index contributed by atoms with van der Waals surface area (Å²) >= 11 is 0. The standard InChI is InChI=1S/C31H34FN7O3/c1-31(2,3)39-18-27(28(37-39)20-7-6-19-11-13-38(5)17-21(19)14-20)36-30(41)35-25-9-8-22(15-24(25)32)42-23-10-12-34-26(16-23)29(40)33-4/h6-10,12,14-16,18H,11,13,17H2,1-5H3,(H,33,40)(H2,35,36,41). The van der Waals surface area contributed by atoms with E-state index in [2.05, 4.69) is 45.0 Å². The number of fused-ring (bicyclic) bond motifs is 1. The molecule has 218 valence electrons. The van der Waals surface area contributed by atoms with Gasteiger partial charge in [0.25, 0.3) is 5.91 Å². The van der Waals surface area contributed by atoms with Crippen molar-refractivity contribution in [1.82, 2.24) is 25.0 Å². The molecule has 2 aromatic heterocycles. The first kappa shape index (κ1) is 28.7. The molecule has 0 atom stereocenters. The van der Waals surface area contributed by atoms with E-state index in [1.165, 1.54) is 42.6 Å². The number of hydrogen-bond acceptors (Lipinski definition) is 6. The van der Waals surface area contributed by atoms with Crippen molar-refractivity contribution in [3.05, 3.63) is 83.6 Å². The molecule has 3 N–H and O–H groups in total. The summed E-state index contributed by atoms with van der Waals surface area (Å²) in [5, 5.41) is 12.7. The average molecular weight is 572 g/mol. The monoisotopic (exact) mass is 571 g/mol. The Morgan fingerprint density at radius 3 is 2.48 bits per heavy atom. The van der Waals surface area contributed by atoms with E-state index in [-0.39, 0.29) is 28.6 Å². The Morgan fingerprint density at radius 2 is 1.74 bits per heavy atom. The number of halogens is 1. The van der Waals surface area contributed by atoms with Gasteiger partial charge in [0, 0.05) is 50.2 Å². The van der Waals surface area contributed by atoms with Crippen molar-refractivity contribution in [3.8, 4) is 22.8 Å². The highest BCUT2D eigenvalue weighted by Gasteiger charge is 2.22. The zero-order chi connectivity index (χ0) is 30.0. The predicted molar refractivity (Wildman–Crippen MR) is 159 cm³/mol. The van der Waals surface area contributed by atoms with Gasteiger partial charge in [-0.3, -0.25) is 14.5 Å². The normalized spacial score (nSPS) is 13.3. The van der Waals surface area contributed by atoms with Gasteiger partial charge in [0.05, 0.1) is 16.9 Å². The second-order valence-corrected chi connectivity index (χ2v) is 11.3. The number of carbonyl (C=O) groups is 2. The van der Waals surface area contributed by atoms with E-state index in [1.54, 1.807) is 12.3 Å². The van der Waals surface area contributed by atoms with Crippen LogP contribution in [-0.4, -0.2) is 52.2 Å². The van der Waals surface area contributed by atoms with Gasteiger partial charge in [-0.25, -0.2) is 9.18 Å². The fraction of sp³-hybridized carbons (Fsp3) is 0.290. The maximum atomic E-state index is 15.0. The molecule has 0 fully saturated rings. The van der Waals surface area contributed by atoms with E-state index >= 15 is 0 Å². The molecule has 1 aliphatic heterocycles. The maximum absolute atomic E-state index is 15.0. The van der Waals surface area contributed by atoms with E-state index in [0.717, 1.165) is 31.1 Å². The molecule has 0 unspecified atom stereocenters. The second-order valence-electron chi connectivity index (χ2n) is 11.3. The minimum absolute atomic E-state index is 0.0257. The minimum Gasteiger partial charge on any atom is -0.457 e. The Morgan fingerprint density at radius 1 is 0.976 bits per heavy atom. The zero-order valence-electron chi connectivity index (χ0n) is 24.3. The van der Waals surface area contributed by atoms with Gasteiger partial charge in [-0.1, -0.05) is 12.1 Å². The van der Waals surface area contributed by atoms with Crippen LogP contribution in [0.4, 0.5) is 20.6 Å². The van der Waals surface area contributed by atoms with Crippen LogP contribution in [0.5, 0.6) is 11.5 Å². The van der Waals surface area contributed by atoms with Crippen LogP contribution in [0.3, 0.4) is 0 Å². The lowest BCUT2D eigenvalue weighted by Gasteiger charge is -2.25. The number of ether oxygens (including phenoxy) is 1. The summed E-state index contributed by atoms with van der Waals surface area (Å²) < 4.78 is 22.5. The molecule has 0 radical (unpaired) electrons. The van der Waals surface area contributed by atoms with Gasteiger partial charge in [0.1, 0.15) is 28.7 Å². The van der Waals surface area contributed by atoms with Crippen LogP contribution >= 0.6 is 0 Å². The summed E-state index contributed by atoms with van der Waals surface area (Å²) in [4.78, 5) is 31.1. The number of benzene rings is 2. The van der Waals surface area contributed by atoms with Crippen LogP contribution in [0.1, 0.15) is 42.4 Å². The molecular formula is C31H34FN7O3. The highest BCUT2D eigenvalue weighted by Crippen LogP contribution is 2.32. The van der Waals surface area contributed by atoms with Crippen molar-refractivity contribution >= 4 is 23.3 Å². The average Bonchev–Trinajstić information content (AvgIpc) is 3.38. The zero-order valence-corrected chi connectivity index (χ0v) is 24.3. The summed E-state index contributed by atoms with van der Waals surface area (Å²) in [5.41, 5.74) is 4.42.